The van der Waals surface area contributed by atoms with Crippen LogP contribution in [0.3, 0.4) is 0 Å². The molecular formula is C20H24O5. The Kier molecular flexibility index (Phi) is 6.55. The van der Waals surface area contributed by atoms with Crippen LogP contribution in [0.5, 0.6) is 0 Å². The van der Waals surface area contributed by atoms with Crippen molar-refractivity contribution in [2.24, 2.45) is 0 Å². The Balaban J connectivity index is 1.64. The Morgan fingerprint density at radius 2 is 1.36 bits per heavy atom. The number of hydrogen-bond acceptors (Lipinski definition) is 5. The van der Waals surface area contributed by atoms with Crippen LogP contribution in [0.2, 0.25) is 0 Å². The molecule has 5 nitrogen and oxygen atoms in total. The molecule has 5 heteroatoms. The second kappa shape index (κ2) is 9.08. The molecule has 25 heavy (non-hydrogen) atoms. The second-order valence-electron chi connectivity index (χ2n) is 6.04. The molecule has 1 saturated heterocycles. The minimum Gasteiger partial charge on any atom is -0.382 e. The fourth-order valence-electron chi connectivity index (χ4n) is 2.92. The Morgan fingerprint density at radius 3 is 1.88 bits per heavy atom. The summed E-state index contributed by atoms with van der Waals surface area (Å²) in [4.78, 5) is 0. The molecule has 0 radical (unpaired) electrons. The molecule has 0 amide bonds. The molecule has 1 aliphatic heterocycles. The maximum atomic E-state index is 10.2. The van der Waals surface area contributed by atoms with E-state index in [0.717, 1.165) is 11.1 Å². The fourth-order valence-corrected chi connectivity index (χ4v) is 2.92. The van der Waals surface area contributed by atoms with Crippen molar-refractivity contribution in [3.8, 4) is 0 Å². The van der Waals surface area contributed by atoms with Crippen molar-refractivity contribution < 1.29 is 24.1 Å². The number of hydrogen-bond donors (Lipinski definition) is 1. The van der Waals surface area contributed by atoms with Gasteiger partial charge in [0.15, 0.2) is 6.29 Å². The summed E-state index contributed by atoms with van der Waals surface area (Å²) < 4.78 is 22.7. The molecule has 0 aromatic heterocycles. The van der Waals surface area contributed by atoms with Gasteiger partial charge < -0.3 is 24.1 Å². The average molecular weight is 344 g/mol. The summed E-state index contributed by atoms with van der Waals surface area (Å²) >= 11 is 0. The largest absolute Gasteiger partial charge is 0.382 e. The molecule has 1 heterocycles. The van der Waals surface area contributed by atoms with Gasteiger partial charge >= 0.3 is 0 Å². The number of rotatable bonds is 8. The predicted octanol–water partition coefficient (Wildman–Crippen LogP) is 2.52. The van der Waals surface area contributed by atoms with E-state index in [2.05, 4.69) is 0 Å². The third-order valence-electron chi connectivity index (χ3n) is 4.19. The van der Waals surface area contributed by atoms with Crippen LogP contribution in [0.1, 0.15) is 11.1 Å². The lowest BCUT2D eigenvalue weighted by atomic mass is 10.1. The molecule has 2 aromatic rings. The average Bonchev–Trinajstić information content (AvgIpc) is 2.95. The molecule has 4 atom stereocenters. The van der Waals surface area contributed by atoms with Crippen LogP contribution in [0.25, 0.3) is 0 Å². The van der Waals surface area contributed by atoms with Gasteiger partial charge in [0.05, 0.1) is 19.8 Å². The zero-order chi connectivity index (χ0) is 17.5. The number of methoxy groups -OCH3 is 1. The highest BCUT2D eigenvalue weighted by Crippen LogP contribution is 2.27. The van der Waals surface area contributed by atoms with E-state index in [1.807, 2.05) is 60.7 Å². The van der Waals surface area contributed by atoms with Gasteiger partial charge in [-0.25, -0.2) is 0 Å². The fraction of sp³-hybridized carbons (Fsp3) is 0.400. The molecule has 1 aliphatic rings. The molecule has 134 valence electrons. The lowest BCUT2D eigenvalue weighted by Crippen LogP contribution is -2.38. The van der Waals surface area contributed by atoms with E-state index in [1.54, 1.807) is 7.11 Å². The molecule has 0 aliphatic carbocycles. The number of ether oxygens (including phenoxy) is 4. The van der Waals surface area contributed by atoms with E-state index in [1.165, 1.54) is 0 Å². The summed E-state index contributed by atoms with van der Waals surface area (Å²) in [5.74, 6) is 0. The summed E-state index contributed by atoms with van der Waals surface area (Å²) in [6.07, 6.45) is -2.38. The minimum atomic E-state index is -1.04. The molecule has 0 spiro atoms. The van der Waals surface area contributed by atoms with Crippen LogP contribution in [-0.2, 0) is 32.2 Å². The molecule has 1 fully saturated rings. The van der Waals surface area contributed by atoms with Crippen LogP contribution in [0, 0.1) is 0 Å². The number of aliphatic hydroxyl groups excluding tert-OH is 1. The Hall–Kier alpha value is -1.76. The number of aliphatic hydroxyl groups is 1. The standard InChI is InChI=1S/C20H24O5/c1-22-14-17-18(23-12-15-8-4-2-5-9-15)19(20(21)25-17)24-13-16-10-6-3-7-11-16/h2-11,17-21H,12-14H2,1H3/t17-,18-,19-,20+/m1/s1. The first-order valence-electron chi connectivity index (χ1n) is 8.41. The van der Waals surface area contributed by atoms with Crippen LogP contribution < -0.4 is 0 Å². The van der Waals surface area contributed by atoms with Crippen molar-refractivity contribution in [3.63, 3.8) is 0 Å². The monoisotopic (exact) mass is 344 g/mol. The van der Waals surface area contributed by atoms with Gasteiger partial charge in [-0.1, -0.05) is 60.7 Å². The lowest BCUT2D eigenvalue weighted by Gasteiger charge is -2.23. The Labute approximate surface area is 148 Å². The highest BCUT2D eigenvalue weighted by Gasteiger charge is 2.45. The number of benzene rings is 2. The third kappa shape index (κ3) is 4.87. The van der Waals surface area contributed by atoms with Crippen molar-refractivity contribution in [2.75, 3.05) is 13.7 Å². The van der Waals surface area contributed by atoms with Gasteiger partial charge in [0.1, 0.15) is 18.3 Å². The topological polar surface area (TPSA) is 57.2 Å². The summed E-state index contributed by atoms with van der Waals surface area (Å²) in [5, 5.41) is 10.2. The van der Waals surface area contributed by atoms with Crippen molar-refractivity contribution >= 4 is 0 Å². The summed E-state index contributed by atoms with van der Waals surface area (Å²) in [7, 11) is 1.60. The molecule has 2 aromatic carbocycles. The molecular weight excluding hydrogens is 320 g/mol. The second-order valence-corrected chi connectivity index (χ2v) is 6.04. The van der Waals surface area contributed by atoms with E-state index in [-0.39, 0.29) is 6.10 Å². The van der Waals surface area contributed by atoms with Crippen LogP contribution in [0.15, 0.2) is 60.7 Å². The van der Waals surface area contributed by atoms with Crippen molar-refractivity contribution in [1.29, 1.82) is 0 Å². The van der Waals surface area contributed by atoms with E-state index < -0.39 is 18.5 Å². The summed E-state index contributed by atoms with van der Waals surface area (Å²) in [5.41, 5.74) is 2.09. The van der Waals surface area contributed by atoms with Crippen molar-refractivity contribution in [2.45, 2.75) is 37.8 Å². The molecule has 0 unspecified atom stereocenters. The van der Waals surface area contributed by atoms with Crippen LogP contribution in [0.4, 0.5) is 0 Å². The molecule has 3 rings (SSSR count). The molecule has 0 bridgehead atoms. The predicted molar refractivity (Wildman–Crippen MR) is 92.8 cm³/mol. The summed E-state index contributed by atoms with van der Waals surface area (Å²) in [6, 6.07) is 19.7. The highest BCUT2D eigenvalue weighted by molar-refractivity contribution is 5.14. The van der Waals surface area contributed by atoms with E-state index in [4.69, 9.17) is 18.9 Å². The van der Waals surface area contributed by atoms with E-state index in [0.29, 0.717) is 19.8 Å². The van der Waals surface area contributed by atoms with E-state index in [9.17, 15) is 5.11 Å². The lowest BCUT2D eigenvalue weighted by molar-refractivity contribution is -0.152. The van der Waals surface area contributed by atoms with Gasteiger partial charge in [-0.2, -0.15) is 0 Å². The van der Waals surface area contributed by atoms with Crippen molar-refractivity contribution in [3.05, 3.63) is 71.8 Å². The maximum Gasteiger partial charge on any atom is 0.184 e. The first-order chi connectivity index (χ1) is 12.3. The third-order valence-corrected chi connectivity index (χ3v) is 4.19. The SMILES string of the molecule is COC[C@H]1O[C@H](O)[C@H](OCc2ccccc2)[C@@H]1OCc1ccccc1. The first kappa shape index (κ1) is 18.0. The quantitative estimate of drug-likeness (QED) is 0.797. The van der Waals surface area contributed by atoms with Gasteiger partial charge in [0.25, 0.3) is 0 Å². The zero-order valence-corrected chi connectivity index (χ0v) is 14.3. The van der Waals surface area contributed by atoms with Gasteiger partial charge in [-0.05, 0) is 11.1 Å². The Bertz CT molecular complexity index is 618. The zero-order valence-electron chi connectivity index (χ0n) is 14.3. The Morgan fingerprint density at radius 1 is 0.840 bits per heavy atom. The molecule has 1 N–H and O–H groups in total. The first-order valence-corrected chi connectivity index (χ1v) is 8.41. The van der Waals surface area contributed by atoms with Gasteiger partial charge in [0.2, 0.25) is 0 Å². The van der Waals surface area contributed by atoms with E-state index >= 15 is 0 Å². The van der Waals surface area contributed by atoms with Crippen LogP contribution >= 0.6 is 0 Å². The minimum absolute atomic E-state index is 0.335. The smallest absolute Gasteiger partial charge is 0.184 e. The van der Waals surface area contributed by atoms with Crippen LogP contribution in [-0.4, -0.2) is 43.4 Å². The van der Waals surface area contributed by atoms with Gasteiger partial charge in [-0.15, -0.1) is 0 Å². The summed E-state index contributed by atoms with van der Waals surface area (Å²) in [6.45, 7) is 1.14. The normalized spacial score (nSPS) is 26.0. The van der Waals surface area contributed by atoms with Gasteiger partial charge in [0, 0.05) is 7.11 Å². The maximum absolute atomic E-state index is 10.2. The van der Waals surface area contributed by atoms with Gasteiger partial charge in [-0.3, -0.25) is 0 Å². The highest BCUT2D eigenvalue weighted by atomic mass is 16.7. The molecule has 0 saturated carbocycles. The van der Waals surface area contributed by atoms with Crippen molar-refractivity contribution in [1.82, 2.24) is 0 Å².